The van der Waals surface area contributed by atoms with Crippen LogP contribution in [0.1, 0.15) is 51.5 Å². The number of hydrogen-bond donors (Lipinski definition) is 1. The maximum Gasteiger partial charge on any atom is 0.253 e. The van der Waals surface area contributed by atoms with Gasteiger partial charge in [-0.1, -0.05) is 0 Å². The zero-order chi connectivity index (χ0) is 22.8. The van der Waals surface area contributed by atoms with Crippen LogP contribution in [0, 0.1) is 27.7 Å². The highest BCUT2D eigenvalue weighted by atomic mass is 16.2. The Kier molecular flexibility index (Phi) is 6.03. The summed E-state index contributed by atoms with van der Waals surface area (Å²) >= 11 is 0. The number of rotatable bonds is 5. The molecule has 1 N–H and O–H groups in total. The van der Waals surface area contributed by atoms with Crippen LogP contribution in [-0.4, -0.2) is 49.6 Å². The van der Waals surface area contributed by atoms with Crippen molar-refractivity contribution in [2.24, 2.45) is 0 Å². The van der Waals surface area contributed by atoms with Crippen molar-refractivity contribution in [1.29, 1.82) is 0 Å². The predicted molar refractivity (Wildman–Crippen MR) is 122 cm³/mol. The second kappa shape index (κ2) is 8.90. The molecule has 1 fully saturated rings. The fourth-order valence-electron chi connectivity index (χ4n) is 4.09. The van der Waals surface area contributed by atoms with Gasteiger partial charge in [0.2, 0.25) is 5.91 Å². The van der Waals surface area contributed by atoms with E-state index in [9.17, 15) is 9.59 Å². The van der Waals surface area contributed by atoms with Crippen LogP contribution < -0.4 is 5.32 Å². The van der Waals surface area contributed by atoms with Crippen LogP contribution >= 0.6 is 0 Å². The van der Waals surface area contributed by atoms with E-state index >= 15 is 0 Å². The van der Waals surface area contributed by atoms with Crippen molar-refractivity contribution in [2.75, 3.05) is 18.4 Å². The molecule has 3 heterocycles. The molecule has 0 aliphatic carbocycles. The molecule has 0 bridgehead atoms. The third kappa shape index (κ3) is 4.54. The van der Waals surface area contributed by atoms with Crippen LogP contribution in [-0.2, 0) is 11.2 Å². The Balaban J connectivity index is 1.45. The molecule has 1 aliphatic heterocycles. The number of nitrogens with zero attached hydrogens (tertiary/aromatic N) is 5. The zero-order valence-electron chi connectivity index (χ0n) is 19.0. The molecule has 2 aromatic heterocycles. The number of anilines is 1. The Morgan fingerprint density at radius 2 is 1.59 bits per heavy atom. The third-order valence-corrected chi connectivity index (χ3v) is 5.75. The van der Waals surface area contributed by atoms with Crippen molar-refractivity contribution in [3.63, 3.8) is 0 Å². The molecule has 0 unspecified atom stereocenters. The summed E-state index contributed by atoms with van der Waals surface area (Å²) in [6, 6.07) is 8.99. The summed E-state index contributed by atoms with van der Waals surface area (Å²) in [4.78, 5) is 36.0. The predicted octanol–water partition coefficient (Wildman–Crippen LogP) is 3.31. The monoisotopic (exact) mass is 432 g/mol. The fraction of sp³-hybridized carbons (Fsp3) is 0.375. The van der Waals surface area contributed by atoms with E-state index in [1.165, 1.54) is 0 Å². The molecular weight excluding hydrogens is 404 g/mol. The van der Waals surface area contributed by atoms with Crippen LogP contribution in [0.5, 0.6) is 0 Å². The van der Waals surface area contributed by atoms with Gasteiger partial charge in [-0.15, -0.1) is 0 Å². The van der Waals surface area contributed by atoms with E-state index < -0.39 is 0 Å². The maximum absolute atomic E-state index is 12.7. The van der Waals surface area contributed by atoms with Gasteiger partial charge >= 0.3 is 0 Å². The largest absolute Gasteiger partial charge is 0.339 e. The summed E-state index contributed by atoms with van der Waals surface area (Å²) < 4.78 is 1.69. The minimum atomic E-state index is -0.143. The van der Waals surface area contributed by atoms with Gasteiger partial charge in [0.25, 0.3) is 11.9 Å². The Morgan fingerprint density at radius 3 is 2.22 bits per heavy atom. The topological polar surface area (TPSA) is 93.0 Å². The number of benzene rings is 1. The second-order valence-corrected chi connectivity index (χ2v) is 8.31. The summed E-state index contributed by atoms with van der Waals surface area (Å²) in [5.74, 6) is 0.413. The van der Waals surface area contributed by atoms with Gasteiger partial charge in [-0.3, -0.25) is 9.59 Å². The van der Waals surface area contributed by atoms with Crippen molar-refractivity contribution in [3.05, 3.63) is 64.2 Å². The number of hydrogen-bond acceptors (Lipinski definition) is 5. The van der Waals surface area contributed by atoms with Crippen molar-refractivity contribution >= 4 is 17.5 Å². The summed E-state index contributed by atoms with van der Waals surface area (Å²) in [7, 11) is 0. The van der Waals surface area contributed by atoms with Gasteiger partial charge in [-0.05, 0) is 70.9 Å². The Bertz CT molecular complexity index is 1140. The standard InChI is InChI=1S/C24H28N6O2/c1-15-13-16(2)26-24(25-15)30-18(4)21(17(3)28-30)14-22(31)27-20-9-7-19(8-10-20)23(32)29-11-5-6-12-29/h7-10,13H,5-6,11-12,14H2,1-4H3,(H,27,31). The van der Waals surface area contributed by atoms with Crippen LogP contribution in [0.15, 0.2) is 30.3 Å². The van der Waals surface area contributed by atoms with Crippen LogP contribution in [0.2, 0.25) is 0 Å². The Labute approximate surface area is 187 Å². The molecule has 0 radical (unpaired) electrons. The van der Waals surface area contributed by atoms with Gasteiger partial charge in [0, 0.05) is 47.0 Å². The number of aryl methyl sites for hydroxylation is 3. The molecule has 0 spiro atoms. The molecule has 1 aliphatic rings. The third-order valence-electron chi connectivity index (χ3n) is 5.75. The van der Waals surface area contributed by atoms with Gasteiger partial charge < -0.3 is 10.2 Å². The van der Waals surface area contributed by atoms with Crippen LogP contribution in [0.3, 0.4) is 0 Å². The SMILES string of the molecule is Cc1cc(C)nc(-n2nc(C)c(CC(=O)Nc3ccc(C(=O)N4CCCC4)cc3)c2C)n1. The Hall–Kier alpha value is -3.55. The first-order valence-electron chi connectivity index (χ1n) is 10.9. The molecule has 166 valence electrons. The molecule has 4 rings (SSSR count). The molecule has 3 aromatic rings. The van der Waals surface area contributed by atoms with E-state index in [4.69, 9.17) is 0 Å². The number of nitrogens with one attached hydrogen (secondary N) is 1. The molecule has 1 aromatic carbocycles. The second-order valence-electron chi connectivity index (χ2n) is 8.31. The minimum Gasteiger partial charge on any atom is -0.339 e. The van der Waals surface area contributed by atoms with E-state index in [1.54, 1.807) is 28.9 Å². The first kappa shape index (κ1) is 21.7. The van der Waals surface area contributed by atoms with Crippen molar-refractivity contribution < 1.29 is 9.59 Å². The van der Waals surface area contributed by atoms with Crippen LogP contribution in [0.25, 0.3) is 5.95 Å². The van der Waals surface area contributed by atoms with Crippen molar-refractivity contribution in [1.82, 2.24) is 24.6 Å². The summed E-state index contributed by atoms with van der Waals surface area (Å²) in [5, 5.41) is 7.48. The highest BCUT2D eigenvalue weighted by molar-refractivity contribution is 5.96. The van der Waals surface area contributed by atoms with Crippen LogP contribution in [0.4, 0.5) is 5.69 Å². The van der Waals surface area contributed by atoms with E-state index in [1.807, 2.05) is 38.7 Å². The quantitative estimate of drug-likeness (QED) is 0.668. The highest BCUT2D eigenvalue weighted by Gasteiger charge is 2.20. The summed E-state index contributed by atoms with van der Waals surface area (Å²) in [6.45, 7) is 9.27. The molecule has 8 nitrogen and oxygen atoms in total. The smallest absolute Gasteiger partial charge is 0.253 e. The normalized spacial score (nSPS) is 13.4. The average molecular weight is 433 g/mol. The number of aromatic nitrogens is 4. The molecule has 0 saturated carbocycles. The fourth-order valence-corrected chi connectivity index (χ4v) is 4.09. The first-order valence-corrected chi connectivity index (χ1v) is 10.9. The molecule has 0 atom stereocenters. The molecular formula is C24H28N6O2. The summed E-state index contributed by atoms with van der Waals surface area (Å²) in [6.07, 6.45) is 2.31. The highest BCUT2D eigenvalue weighted by Crippen LogP contribution is 2.19. The van der Waals surface area contributed by atoms with E-state index in [-0.39, 0.29) is 18.2 Å². The number of amides is 2. The Morgan fingerprint density at radius 1 is 0.969 bits per heavy atom. The number of carbonyl (C=O) groups excluding carboxylic acids is 2. The summed E-state index contributed by atoms with van der Waals surface area (Å²) in [5.41, 5.74) is 5.50. The van der Waals surface area contributed by atoms with Gasteiger partial charge in [0.1, 0.15) is 0 Å². The van der Waals surface area contributed by atoms with Crippen molar-refractivity contribution in [2.45, 2.75) is 47.0 Å². The van der Waals surface area contributed by atoms with Gasteiger partial charge in [0.15, 0.2) is 0 Å². The number of likely N-dealkylation sites (tertiary alicyclic amines) is 1. The number of carbonyl (C=O) groups is 2. The van der Waals surface area contributed by atoms with Gasteiger partial charge in [-0.2, -0.15) is 5.10 Å². The lowest BCUT2D eigenvalue weighted by Crippen LogP contribution is -2.27. The first-order chi connectivity index (χ1) is 15.3. The average Bonchev–Trinajstić information content (AvgIpc) is 3.38. The molecule has 2 amide bonds. The molecule has 8 heteroatoms. The lowest BCUT2D eigenvalue weighted by Gasteiger charge is -2.15. The maximum atomic E-state index is 12.7. The van der Waals surface area contributed by atoms with E-state index in [2.05, 4.69) is 20.4 Å². The van der Waals surface area contributed by atoms with Gasteiger partial charge in [0.05, 0.1) is 12.1 Å². The molecule has 1 saturated heterocycles. The van der Waals surface area contributed by atoms with Crippen molar-refractivity contribution in [3.8, 4) is 5.95 Å². The van der Waals surface area contributed by atoms with Gasteiger partial charge in [-0.25, -0.2) is 14.6 Å². The zero-order valence-corrected chi connectivity index (χ0v) is 19.0. The lowest BCUT2D eigenvalue weighted by molar-refractivity contribution is -0.115. The lowest BCUT2D eigenvalue weighted by atomic mass is 10.1. The van der Waals surface area contributed by atoms with E-state index in [0.717, 1.165) is 54.3 Å². The minimum absolute atomic E-state index is 0.0487. The van der Waals surface area contributed by atoms with E-state index in [0.29, 0.717) is 17.2 Å². The molecule has 32 heavy (non-hydrogen) atoms.